The lowest BCUT2D eigenvalue weighted by Crippen LogP contribution is -2.48. The van der Waals surface area contributed by atoms with E-state index in [0.29, 0.717) is 26.4 Å². The predicted octanol–water partition coefficient (Wildman–Crippen LogP) is -0.251. The minimum absolute atomic E-state index is 0.0475. The molecule has 0 bridgehead atoms. The van der Waals surface area contributed by atoms with Gasteiger partial charge in [-0.15, -0.1) is 0 Å². The van der Waals surface area contributed by atoms with Gasteiger partial charge in [0.15, 0.2) is 0 Å². The van der Waals surface area contributed by atoms with E-state index in [9.17, 15) is 5.11 Å². The van der Waals surface area contributed by atoms with E-state index in [2.05, 4.69) is 0 Å². The molecule has 3 N–H and O–H groups in total. The van der Waals surface area contributed by atoms with Crippen molar-refractivity contribution in [2.45, 2.75) is 18.9 Å². The first kappa shape index (κ1) is 10.4. The van der Waals surface area contributed by atoms with Crippen molar-refractivity contribution in [3.05, 3.63) is 0 Å². The van der Waals surface area contributed by atoms with Crippen LogP contribution in [0.2, 0.25) is 0 Å². The zero-order chi connectivity index (χ0) is 10.0. The van der Waals surface area contributed by atoms with Crippen LogP contribution in [-0.2, 0) is 9.47 Å². The molecular formula is C10H19NO3. The standard InChI is InChI=1S/C10H19NO3/c11-6-10(2-1-3-13-7-10)8-4-14-5-9(8)12/h8-9,12H,1-7,11H2. The Bertz CT molecular complexity index is 192. The van der Waals surface area contributed by atoms with Crippen molar-refractivity contribution in [1.82, 2.24) is 0 Å². The van der Waals surface area contributed by atoms with Crippen molar-refractivity contribution in [3.63, 3.8) is 0 Å². The Morgan fingerprint density at radius 1 is 1.36 bits per heavy atom. The second kappa shape index (κ2) is 4.14. The Morgan fingerprint density at radius 3 is 2.71 bits per heavy atom. The van der Waals surface area contributed by atoms with Crippen molar-refractivity contribution in [3.8, 4) is 0 Å². The van der Waals surface area contributed by atoms with E-state index in [1.165, 1.54) is 0 Å². The van der Waals surface area contributed by atoms with E-state index >= 15 is 0 Å². The average molecular weight is 201 g/mol. The molecule has 0 saturated carbocycles. The van der Waals surface area contributed by atoms with Gasteiger partial charge in [-0.05, 0) is 12.8 Å². The molecule has 4 nitrogen and oxygen atoms in total. The van der Waals surface area contributed by atoms with Gasteiger partial charge < -0.3 is 20.3 Å². The molecule has 0 aromatic carbocycles. The maximum Gasteiger partial charge on any atom is 0.0830 e. The van der Waals surface area contributed by atoms with E-state index in [-0.39, 0.29) is 17.4 Å². The maximum atomic E-state index is 9.80. The molecule has 14 heavy (non-hydrogen) atoms. The molecule has 2 heterocycles. The number of ether oxygens (including phenoxy) is 2. The summed E-state index contributed by atoms with van der Waals surface area (Å²) >= 11 is 0. The molecule has 2 saturated heterocycles. The van der Waals surface area contributed by atoms with Crippen LogP contribution in [0.25, 0.3) is 0 Å². The number of hydrogen-bond acceptors (Lipinski definition) is 4. The third-order valence-electron chi connectivity index (χ3n) is 3.60. The largest absolute Gasteiger partial charge is 0.390 e. The first-order chi connectivity index (χ1) is 6.78. The van der Waals surface area contributed by atoms with E-state index in [4.69, 9.17) is 15.2 Å². The molecule has 0 aliphatic carbocycles. The van der Waals surface area contributed by atoms with Crippen molar-refractivity contribution in [1.29, 1.82) is 0 Å². The van der Waals surface area contributed by atoms with E-state index in [0.717, 1.165) is 19.4 Å². The second-order valence-corrected chi connectivity index (χ2v) is 4.43. The zero-order valence-electron chi connectivity index (χ0n) is 8.45. The lowest BCUT2D eigenvalue weighted by molar-refractivity contribution is -0.0604. The maximum absolute atomic E-state index is 9.80. The normalized spacial score (nSPS) is 44.1. The van der Waals surface area contributed by atoms with Gasteiger partial charge in [0.2, 0.25) is 0 Å². The minimum atomic E-state index is -0.361. The Kier molecular flexibility index (Phi) is 3.07. The highest BCUT2D eigenvalue weighted by atomic mass is 16.5. The Labute approximate surface area is 84.4 Å². The third kappa shape index (κ3) is 1.67. The molecule has 0 radical (unpaired) electrons. The van der Waals surface area contributed by atoms with E-state index < -0.39 is 0 Å². The van der Waals surface area contributed by atoms with Crippen LogP contribution in [0, 0.1) is 11.3 Å². The lowest BCUT2D eigenvalue weighted by atomic mass is 9.70. The van der Waals surface area contributed by atoms with Crippen molar-refractivity contribution < 1.29 is 14.6 Å². The third-order valence-corrected chi connectivity index (χ3v) is 3.60. The van der Waals surface area contributed by atoms with Gasteiger partial charge in [0.1, 0.15) is 0 Å². The van der Waals surface area contributed by atoms with Crippen LogP contribution in [0.4, 0.5) is 0 Å². The van der Waals surface area contributed by atoms with Crippen LogP contribution in [0.1, 0.15) is 12.8 Å². The Morgan fingerprint density at radius 2 is 2.21 bits per heavy atom. The topological polar surface area (TPSA) is 64.7 Å². The molecule has 2 rings (SSSR count). The van der Waals surface area contributed by atoms with Crippen LogP contribution in [0.15, 0.2) is 0 Å². The van der Waals surface area contributed by atoms with Crippen LogP contribution in [0.3, 0.4) is 0 Å². The molecule has 2 aliphatic rings. The highest BCUT2D eigenvalue weighted by Gasteiger charge is 2.45. The van der Waals surface area contributed by atoms with Gasteiger partial charge in [0, 0.05) is 24.5 Å². The molecule has 0 spiro atoms. The summed E-state index contributed by atoms with van der Waals surface area (Å²) in [6, 6.07) is 0. The fourth-order valence-electron chi connectivity index (χ4n) is 2.61. The molecule has 4 heteroatoms. The van der Waals surface area contributed by atoms with Crippen LogP contribution in [0.5, 0.6) is 0 Å². The zero-order valence-corrected chi connectivity index (χ0v) is 8.45. The highest BCUT2D eigenvalue weighted by Crippen LogP contribution is 2.39. The van der Waals surface area contributed by atoms with Crippen molar-refractivity contribution in [2.75, 3.05) is 33.0 Å². The van der Waals surface area contributed by atoms with E-state index in [1.807, 2.05) is 0 Å². The molecular weight excluding hydrogens is 182 g/mol. The molecule has 82 valence electrons. The first-order valence-corrected chi connectivity index (χ1v) is 5.32. The van der Waals surface area contributed by atoms with Gasteiger partial charge in [-0.2, -0.15) is 0 Å². The summed E-state index contributed by atoms with van der Waals surface area (Å²) in [7, 11) is 0. The monoisotopic (exact) mass is 201 g/mol. The highest BCUT2D eigenvalue weighted by molar-refractivity contribution is 4.94. The fraction of sp³-hybridized carbons (Fsp3) is 1.00. The molecule has 0 aromatic heterocycles. The lowest BCUT2D eigenvalue weighted by Gasteiger charge is -2.41. The number of aliphatic hydroxyl groups excluding tert-OH is 1. The average Bonchev–Trinajstić information content (AvgIpc) is 2.66. The molecule has 3 atom stereocenters. The van der Waals surface area contributed by atoms with Gasteiger partial charge in [-0.1, -0.05) is 0 Å². The fourth-order valence-corrected chi connectivity index (χ4v) is 2.61. The molecule has 2 aliphatic heterocycles. The second-order valence-electron chi connectivity index (χ2n) is 4.43. The predicted molar refractivity (Wildman–Crippen MR) is 51.9 cm³/mol. The summed E-state index contributed by atoms with van der Waals surface area (Å²) in [4.78, 5) is 0. The van der Waals surface area contributed by atoms with Crippen LogP contribution < -0.4 is 5.73 Å². The molecule has 3 unspecified atom stereocenters. The van der Waals surface area contributed by atoms with Gasteiger partial charge in [0.05, 0.1) is 25.9 Å². The Hall–Kier alpha value is -0.160. The van der Waals surface area contributed by atoms with Crippen molar-refractivity contribution >= 4 is 0 Å². The minimum Gasteiger partial charge on any atom is -0.390 e. The van der Waals surface area contributed by atoms with Crippen LogP contribution in [-0.4, -0.2) is 44.2 Å². The van der Waals surface area contributed by atoms with Gasteiger partial charge in [-0.3, -0.25) is 0 Å². The summed E-state index contributed by atoms with van der Waals surface area (Å²) in [5.74, 6) is 0.160. The Balaban J connectivity index is 2.09. The summed E-state index contributed by atoms with van der Waals surface area (Å²) in [6.45, 7) is 3.16. The van der Waals surface area contributed by atoms with Gasteiger partial charge in [-0.25, -0.2) is 0 Å². The number of nitrogens with two attached hydrogens (primary N) is 1. The summed E-state index contributed by atoms with van der Waals surface area (Å²) in [6.07, 6.45) is 1.73. The summed E-state index contributed by atoms with van der Waals surface area (Å²) in [5, 5.41) is 9.80. The first-order valence-electron chi connectivity index (χ1n) is 5.32. The quantitative estimate of drug-likeness (QED) is 0.646. The molecule has 2 fully saturated rings. The molecule has 0 amide bonds. The smallest absolute Gasteiger partial charge is 0.0830 e. The number of rotatable bonds is 2. The van der Waals surface area contributed by atoms with Gasteiger partial charge in [0.25, 0.3) is 0 Å². The summed E-state index contributed by atoms with van der Waals surface area (Å²) in [5.41, 5.74) is 5.79. The number of aliphatic hydroxyl groups is 1. The number of hydrogen-bond donors (Lipinski definition) is 2. The van der Waals surface area contributed by atoms with E-state index in [1.54, 1.807) is 0 Å². The van der Waals surface area contributed by atoms with Crippen molar-refractivity contribution in [2.24, 2.45) is 17.1 Å². The van der Waals surface area contributed by atoms with Crippen LogP contribution >= 0.6 is 0 Å². The summed E-state index contributed by atoms with van der Waals surface area (Å²) < 4.78 is 10.8. The SMILES string of the molecule is NCC1(C2COCC2O)CCCOC1. The molecule has 0 aromatic rings. The van der Waals surface area contributed by atoms with Gasteiger partial charge >= 0.3 is 0 Å².